The molecule has 0 saturated heterocycles. The molecule has 0 bridgehead atoms. The zero-order chi connectivity index (χ0) is 11.1. The lowest BCUT2D eigenvalue weighted by molar-refractivity contribution is 0.484. The maximum absolute atomic E-state index is 11.3. The van der Waals surface area contributed by atoms with E-state index in [1.807, 2.05) is 23.6 Å². The highest BCUT2D eigenvalue weighted by Crippen LogP contribution is 2.43. The van der Waals surface area contributed by atoms with Gasteiger partial charge in [-0.1, -0.05) is 11.6 Å². The first kappa shape index (κ1) is 11.2. The number of benzene rings is 1. The third-order valence-corrected chi connectivity index (χ3v) is 4.25. The first-order valence-electron chi connectivity index (χ1n) is 4.41. The Morgan fingerprint density at radius 3 is 2.93 bits per heavy atom. The van der Waals surface area contributed by atoms with Crippen molar-refractivity contribution >= 4 is 40.4 Å². The van der Waals surface area contributed by atoms with Gasteiger partial charge in [-0.25, -0.2) is 0 Å². The van der Waals surface area contributed by atoms with Gasteiger partial charge in [0, 0.05) is 16.4 Å². The van der Waals surface area contributed by atoms with Gasteiger partial charge in [-0.15, -0.1) is 11.3 Å². The van der Waals surface area contributed by atoms with E-state index in [0.717, 1.165) is 15.6 Å². The molecule has 5 heteroatoms. The summed E-state index contributed by atoms with van der Waals surface area (Å²) < 4.78 is 12.4. The molecule has 1 heterocycles. The highest BCUT2D eigenvalue weighted by atomic mass is 35.5. The molecule has 0 fully saturated rings. The molecular formula is C10H10ClO2PS. The van der Waals surface area contributed by atoms with E-state index >= 15 is 0 Å². The molecule has 15 heavy (non-hydrogen) atoms. The number of fused-ring (bicyclic) bond motifs is 1. The van der Waals surface area contributed by atoms with Crippen molar-refractivity contribution in [3.63, 3.8) is 0 Å². The summed E-state index contributed by atoms with van der Waals surface area (Å²) in [6.45, 7) is 1.38. The van der Waals surface area contributed by atoms with Crippen molar-refractivity contribution < 1.29 is 9.46 Å². The molecule has 1 aromatic carbocycles. The Balaban J connectivity index is 2.53. The molecule has 0 spiro atoms. The minimum Gasteiger partial charge on any atom is -0.344 e. The topological polar surface area (TPSA) is 37.3 Å². The fourth-order valence-electron chi connectivity index (χ4n) is 1.49. The fraction of sp³-hybridized carbons (Fsp3) is 0.200. The Morgan fingerprint density at radius 1 is 1.53 bits per heavy atom. The lowest BCUT2D eigenvalue weighted by Gasteiger charge is -2.03. The Labute approximate surface area is 97.0 Å². The lowest BCUT2D eigenvalue weighted by atomic mass is 10.2. The highest BCUT2D eigenvalue weighted by Gasteiger charge is 2.14. The minimum atomic E-state index is -3.01. The average molecular weight is 261 g/mol. The molecule has 1 atom stereocenters. The Bertz CT molecular complexity index is 543. The summed E-state index contributed by atoms with van der Waals surface area (Å²) in [5.41, 5.74) is 0.908. The number of rotatable bonds is 2. The van der Waals surface area contributed by atoms with Crippen LogP contribution < -0.4 is 0 Å². The summed E-state index contributed by atoms with van der Waals surface area (Å²) in [5, 5.41) is 3.57. The van der Waals surface area contributed by atoms with Crippen molar-refractivity contribution in [2.75, 3.05) is 6.66 Å². The van der Waals surface area contributed by atoms with E-state index in [1.54, 1.807) is 11.3 Å². The number of hydrogen-bond acceptors (Lipinski definition) is 2. The van der Waals surface area contributed by atoms with E-state index in [-0.39, 0.29) is 6.16 Å². The van der Waals surface area contributed by atoms with E-state index < -0.39 is 7.37 Å². The van der Waals surface area contributed by atoms with E-state index in [2.05, 4.69) is 0 Å². The largest absolute Gasteiger partial charge is 0.344 e. The SMILES string of the molecule is CP(=O)(O)Cc1csc2ccc(Cl)cc12. The second kappa shape index (κ2) is 3.91. The normalized spacial score (nSPS) is 15.4. The van der Waals surface area contributed by atoms with Crippen LogP contribution in [0.15, 0.2) is 23.6 Å². The van der Waals surface area contributed by atoms with Crippen LogP contribution in [0.2, 0.25) is 5.02 Å². The van der Waals surface area contributed by atoms with Crippen molar-refractivity contribution in [3.05, 3.63) is 34.2 Å². The Morgan fingerprint density at radius 2 is 2.27 bits per heavy atom. The summed E-state index contributed by atoms with van der Waals surface area (Å²) in [6, 6.07) is 5.61. The van der Waals surface area contributed by atoms with Crippen LogP contribution in [0.3, 0.4) is 0 Å². The molecule has 2 rings (SSSR count). The van der Waals surface area contributed by atoms with Gasteiger partial charge < -0.3 is 4.89 Å². The highest BCUT2D eigenvalue weighted by molar-refractivity contribution is 7.56. The molecule has 0 aliphatic rings. The van der Waals surface area contributed by atoms with Crippen LogP contribution in [-0.2, 0) is 10.7 Å². The Kier molecular flexibility index (Phi) is 2.91. The molecule has 0 aliphatic carbocycles. The van der Waals surface area contributed by atoms with Crippen molar-refractivity contribution in [3.8, 4) is 0 Å². The van der Waals surface area contributed by atoms with Gasteiger partial charge in [-0.3, -0.25) is 4.57 Å². The first-order chi connectivity index (χ1) is 6.96. The zero-order valence-corrected chi connectivity index (χ0v) is 10.6. The maximum atomic E-state index is 11.3. The maximum Gasteiger partial charge on any atom is 0.201 e. The summed E-state index contributed by atoms with van der Waals surface area (Å²) in [4.78, 5) is 9.35. The molecule has 0 saturated carbocycles. The van der Waals surface area contributed by atoms with Crippen LogP contribution in [0.5, 0.6) is 0 Å². The van der Waals surface area contributed by atoms with Crippen LogP contribution in [0.1, 0.15) is 5.56 Å². The van der Waals surface area contributed by atoms with Gasteiger partial charge >= 0.3 is 0 Å². The average Bonchev–Trinajstić information content (AvgIpc) is 2.46. The third-order valence-electron chi connectivity index (χ3n) is 2.08. The van der Waals surface area contributed by atoms with E-state index in [4.69, 9.17) is 11.6 Å². The van der Waals surface area contributed by atoms with Crippen molar-refractivity contribution in [2.24, 2.45) is 0 Å². The molecular weight excluding hydrogens is 251 g/mol. The van der Waals surface area contributed by atoms with E-state index in [1.165, 1.54) is 6.66 Å². The standard InChI is InChI=1S/C10H10ClO2PS/c1-14(12,13)5-7-6-15-10-3-2-8(11)4-9(7)10/h2-4,6H,5H2,1H3,(H,12,13). The monoisotopic (exact) mass is 260 g/mol. The molecule has 1 N–H and O–H groups in total. The van der Waals surface area contributed by atoms with Gasteiger partial charge in [-0.05, 0) is 34.5 Å². The van der Waals surface area contributed by atoms with Crippen LogP contribution >= 0.6 is 30.3 Å². The van der Waals surface area contributed by atoms with Gasteiger partial charge in [-0.2, -0.15) is 0 Å². The van der Waals surface area contributed by atoms with Gasteiger partial charge in [0.1, 0.15) is 0 Å². The predicted octanol–water partition coefficient (Wildman–Crippen LogP) is 3.95. The molecule has 2 nitrogen and oxygen atoms in total. The number of hydrogen-bond donors (Lipinski definition) is 1. The zero-order valence-electron chi connectivity index (χ0n) is 8.11. The summed E-state index contributed by atoms with van der Waals surface area (Å²) in [6.07, 6.45) is 0.216. The molecule has 0 amide bonds. The van der Waals surface area contributed by atoms with Crippen molar-refractivity contribution in [1.82, 2.24) is 0 Å². The summed E-state index contributed by atoms with van der Waals surface area (Å²) >= 11 is 7.46. The third kappa shape index (κ3) is 2.61. The fourth-order valence-corrected chi connectivity index (χ4v) is 3.63. The molecule has 80 valence electrons. The first-order valence-corrected chi connectivity index (χ1v) is 7.95. The number of halogens is 1. The molecule has 1 aromatic heterocycles. The summed E-state index contributed by atoms with van der Waals surface area (Å²) in [7, 11) is -3.01. The van der Waals surface area contributed by atoms with E-state index in [0.29, 0.717) is 5.02 Å². The van der Waals surface area contributed by atoms with Gasteiger partial charge in [0.05, 0.1) is 6.16 Å². The van der Waals surface area contributed by atoms with Gasteiger partial charge in [0.2, 0.25) is 7.37 Å². The van der Waals surface area contributed by atoms with Gasteiger partial charge in [0.25, 0.3) is 0 Å². The summed E-state index contributed by atoms with van der Waals surface area (Å²) in [5.74, 6) is 0. The van der Waals surface area contributed by atoms with Crippen LogP contribution in [0, 0.1) is 0 Å². The van der Waals surface area contributed by atoms with Gasteiger partial charge in [0.15, 0.2) is 0 Å². The molecule has 0 radical (unpaired) electrons. The number of thiophene rings is 1. The molecule has 2 aromatic rings. The van der Waals surface area contributed by atoms with Crippen molar-refractivity contribution in [2.45, 2.75) is 6.16 Å². The smallest absolute Gasteiger partial charge is 0.201 e. The Hall–Kier alpha value is -0.340. The second-order valence-corrected chi connectivity index (χ2v) is 7.38. The van der Waals surface area contributed by atoms with Crippen molar-refractivity contribution in [1.29, 1.82) is 0 Å². The molecule has 0 aliphatic heterocycles. The van der Waals surface area contributed by atoms with Crippen LogP contribution in [-0.4, -0.2) is 11.6 Å². The lowest BCUT2D eigenvalue weighted by Crippen LogP contribution is -1.83. The minimum absolute atomic E-state index is 0.216. The second-order valence-electron chi connectivity index (χ2n) is 3.61. The van der Waals surface area contributed by atoms with E-state index in [9.17, 15) is 9.46 Å². The molecule has 1 unspecified atom stereocenters. The van der Waals surface area contributed by atoms with Crippen LogP contribution in [0.4, 0.5) is 0 Å². The quantitative estimate of drug-likeness (QED) is 0.830. The predicted molar refractivity (Wildman–Crippen MR) is 66.3 cm³/mol. The van der Waals surface area contributed by atoms with Crippen LogP contribution in [0.25, 0.3) is 10.1 Å².